The molecule has 3 nitrogen and oxygen atoms in total. The second-order valence-corrected chi connectivity index (χ2v) is 4.37. The predicted molar refractivity (Wildman–Crippen MR) is 72.2 cm³/mol. The molecule has 0 unspecified atom stereocenters. The lowest BCUT2D eigenvalue weighted by Crippen LogP contribution is -1.93. The normalized spacial score (nSPS) is 14.1. The summed E-state index contributed by atoms with van der Waals surface area (Å²) in [6.07, 6.45) is 0.705. The minimum Gasteiger partial charge on any atom is -0.508 e. The second-order valence-electron chi connectivity index (χ2n) is 4.37. The van der Waals surface area contributed by atoms with Gasteiger partial charge in [-0.15, -0.1) is 0 Å². The lowest BCUT2D eigenvalue weighted by atomic mass is 10.1. The molecule has 0 spiro atoms. The number of ether oxygens (including phenoxy) is 2. The Bertz CT molecular complexity index is 585. The summed E-state index contributed by atoms with van der Waals surface area (Å²) < 4.78 is 11.1. The molecule has 96 valence electrons. The largest absolute Gasteiger partial charge is 0.508 e. The summed E-state index contributed by atoms with van der Waals surface area (Å²) in [5.74, 6) is 1.83. The van der Waals surface area contributed by atoms with Crippen LogP contribution in [0.15, 0.2) is 60.4 Å². The zero-order valence-electron chi connectivity index (χ0n) is 10.4. The van der Waals surface area contributed by atoms with Crippen LogP contribution in [0.4, 0.5) is 0 Å². The predicted octanol–water partition coefficient (Wildman–Crippen LogP) is 3.31. The average molecular weight is 254 g/mol. The van der Waals surface area contributed by atoms with Gasteiger partial charge in [0.15, 0.2) is 5.76 Å². The van der Waals surface area contributed by atoms with Crippen LogP contribution in [0, 0.1) is 0 Å². The third-order valence-corrected chi connectivity index (χ3v) is 3.03. The first-order chi connectivity index (χ1) is 9.33. The molecule has 0 saturated heterocycles. The SMILES string of the molecule is Oc1ccc(C2=C(Cc3ccccc3)OCO2)cc1. The number of phenolic OH excluding ortho intramolecular Hbond substituents is 1. The van der Waals surface area contributed by atoms with Crippen molar-refractivity contribution >= 4 is 5.76 Å². The molecule has 1 heterocycles. The van der Waals surface area contributed by atoms with Crippen molar-refractivity contribution in [1.29, 1.82) is 0 Å². The minimum absolute atomic E-state index is 0.243. The molecule has 0 saturated carbocycles. The van der Waals surface area contributed by atoms with Gasteiger partial charge in [0.1, 0.15) is 11.5 Å². The van der Waals surface area contributed by atoms with Crippen LogP contribution in [0.3, 0.4) is 0 Å². The van der Waals surface area contributed by atoms with Crippen molar-refractivity contribution in [2.45, 2.75) is 6.42 Å². The fraction of sp³-hybridized carbons (Fsp3) is 0.125. The van der Waals surface area contributed by atoms with Crippen LogP contribution in [0.2, 0.25) is 0 Å². The summed E-state index contributed by atoms with van der Waals surface area (Å²) in [4.78, 5) is 0. The van der Waals surface area contributed by atoms with Gasteiger partial charge in [-0.05, 0) is 29.8 Å². The molecule has 0 bridgehead atoms. The molecule has 2 aromatic carbocycles. The van der Waals surface area contributed by atoms with E-state index >= 15 is 0 Å². The van der Waals surface area contributed by atoms with Crippen molar-refractivity contribution in [3.8, 4) is 5.75 Å². The first kappa shape index (κ1) is 11.7. The van der Waals surface area contributed by atoms with Crippen LogP contribution in [-0.2, 0) is 15.9 Å². The average Bonchev–Trinajstić information content (AvgIpc) is 2.89. The molecule has 3 heteroatoms. The minimum atomic E-state index is 0.243. The highest BCUT2D eigenvalue weighted by molar-refractivity contribution is 5.63. The lowest BCUT2D eigenvalue weighted by Gasteiger charge is -2.05. The number of hydrogen-bond donors (Lipinski definition) is 1. The Kier molecular flexibility index (Phi) is 3.11. The van der Waals surface area contributed by atoms with Crippen LogP contribution >= 0.6 is 0 Å². The molecular weight excluding hydrogens is 240 g/mol. The van der Waals surface area contributed by atoms with Crippen LogP contribution < -0.4 is 0 Å². The van der Waals surface area contributed by atoms with E-state index in [1.807, 2.05) is 30.3 Å². The van der Waals surface area contributed by atoms with Crippen LogP contribution in [0.5, 0.6) is 5.75 Å². The van der Waals surface area contributed by atoms with Crippen molar-refractivity contribution in [3.63, 3.8) is 0 Å². The van der Waals surface area contributed by atoms with Gasteiger partial charge >= 0.3 is 0 Å². The van der Waals surface area contributed by atoms with Gasteiger partial charge in [-0.2, -0.15) is 0 Å². The highest BCUT2D eigenvalue weighted by Crippen LogP contribution is 2.29. The van der Waals surface area contributed by atoms with Gasteiger partial charge < -0.3 is 14.6 Å². The van der Waals surface area contributed by atoms with Gasteiger partial charge in [0.05, 0.1) is 0 Å². The summed E-state index contributed by atoms with van der Waals surface area (Å²) in [5.41, 5.74) is 2.10. The first-order valence-electron chi connectivity index (χ1n) is 6.15. The molecule has 0 aliphatic carbocycles. The topological polar surface area (TPSA) is 38.7 Å². The molecular formula is C16H14O3. The van der Waals surface area contributed by atoms with E-state index in [1.165, 1.54) is 5.56 Å². The molecule has 19 heavy (non-hydrogen) atoms. The fourth-order valence-electron chi connectivity index (χ4n) is 2.08. The van der Waals surface area contributed by atoms with E-state index < -0.39 is 0 Å². The Morgan fingerprint density at radius 3 is 2.37 bits per heavy atom. The van der Waals surface area contributed by atoms with E-state index in [0.717, 1.165) is 17.1 Å². The van der Waals surface area contributed by atoms with E-state index in [1.54, 1.807) is 12.1 Å². The molecule has 0 amide bonds. The zero-order valence-corrected chi connectivity index (χ0v) is 10.4. The van der Waals surface area contributed by atoms with Crippen LogP contribution in [0.1, 0.15) is 11.1 Å². The second kappa shape index (κ2) is 5.06. The Hall–Kier alpha value is -2.42. The van der Waals surface area contributed by atoms with E-state index in [0.29, 0.717) is 6.42 Å². The van der Waals surface area contributed by atoms with E-state index in [2.05, 4.69) is 12.1 Å². The highest BCUT2D eigenvalue weighted by Gasteiger charge is 2.19. The monoisotopic (exact) mass is 254 g/mol. The number of phenols is 1. The van der Waals surface area contributed by atoms with Gasteiger partial charge in [-0.1, -0.05) is 30.3 Å². The highest BCUT2D eigenvalue weighted by atomic mass is 16.7. The molecule has 2 aromatic rings. The molecule has 1 aliphatic heterocycles. The van der Waals surface area contributed by atoms with Crippen molar-refractivity contribution in [2.75, 3.05) is 6.79 Å². The summed E-state index contributed by atoms with van der Waals surface area (Å²) >= 11 is 0. The number of allylic oxidation sites excluding steroid dienone is 1. The van der Waals surface area contributed by atoms with E-state index in [-0.39, 0.29) is 12.5 Å². The maximum atomic E-state index is 9.31. The van der Waals surface area contributed by atoms with E-state index in [4.69, 9.17) is 9.47 Å². The quantitative estimate of drug-likeness (QED) is 0.913. The van der Waals surface area contributed by atoms with E-state index in [9.17, 15) is 5.11 Å². The van der Waals surface area contributed by atoms with Gasteiger partial charge in [-0.3, -0.25) is 0 Å². The summed E-state index contributed by atoms with van der Waals surface area (Å²) in [5, 5.41) is 9.31. The zero-order chi connectivity index (χ0) is 13.1. The Labute approximate surface area is 111 Å². The smallest absolute Gasteiger partial charge is 0.230 e. The van der Waals surface area contributed by atoms with Crippen molar-refractivity contribution < 1.29 is 14.6 Å². The van der Waals surface area contributed by atoms with Gasteiger partial charge in [0, 0.05) is 12.0 Å². The molecule has 3 rings (SSSR count). The van der Waals surface area contributed by atoms with Crippen molar-refractivity contribution in [3.05, 3.63) is 71.5 Å². The van der Waals surface area contributed by atoms with Crippen molar-refractivity contribution in [1.82, 2.24) is 0 Å². The lowest BCUT2D eigenvalue weighted by molar-refractivity contribution is 0.0857. The van der Waals surface area contributed by atoms with Gasteiger partial charge in [-0.25, -0.2) is 0 Å². The maximum absolute atomic E-state index is 9.31. The Balaban J connectivity index is 1.89. The standard InChI is InChI=1S/C16H14O3/c17-14-8-6-13(7-9-14)16-15(18-11-19-16)10-12-4-2-1-3-5-12/h1-9,17H,10-11H2. The first-order valence-corrected chi connectivity index (χ1v) is 6.15. The Morgan fingerprint density at radius 1 is 0.895 bits per heavy atom. The molecule has 1 aliphatic rings. The third-order valence-electron chi connectivity index (χ3n) is 3.03. The Morgan fingerprint density at radius 2 is 1.63 bits per heavy atom. The van der Waals surface area contributed by atoms with Crippen molar-refractivity contribution in [2.24, 2.45) is 0 Å². The summed E-state index contributed by atoms with van der Waals surface area (Å²) in [6, 6.07) is 17.1. The summed E-state index contributed by atoms with van der Waals surface area (Å²) in [7, 11) is 0. The van der Waals surface area contributed by atoms with Crippen LogP contribution in [-0.4, -0.2) is 11.9 Å². The summed E-state index contributed by atoms with van der Waals surface area (Å²) in [6.45, 7) is 0.248. The number of aromatic hydroxyl groups is 1. The molecule has 0 radical (unpaired) electrons. The van der Waals surface area contributed by atoms with Crippen LogP contribution in [0.25, 0.3) is 5.76 Å². The molecule has 0 aromatic heterocycles. The number of hydrogen-bond acceptors (Lipinski definition) is 3. The third kappa shape index (κ3) is 2.55. The van der Waals surface area contributed by atoms with Gasteiger partial charge in [0.2, 0.25) is 6.79 Å². The van der Waals surface area contributed by atoms with Gasteiger partial charge in [0.25, 0.3) is 0 Å². The number of benzene rings is 2. The molecule has 1 N–H and O–H groups in total. The fourth-order valence-corrected chi connectivity index (χ4v) is 2.08. The molecule has 0 atom stereocenters. The molecule has 0 fully saturated rings. The number of rotatable bonds is 3. The maximum Gasteiger partial charge on any atom is 0.230 e.